The number of thioether (sulfide) groups is 1. The van der Waals surface area contributed by atoms with Crippen LogP contribution >= 0.6 is 11.8 Å². The summed E-state index contributed by atoms with van der Waals surface area (Å²) >= 11 is 1.13. The maximum atomic E-state index is 16.0. The Morgan fingerprint density at radius 3 is 2.59 bits per heavy atom. The van der Waals surface area contributed by atoms with Crippen LogP contribution in [-0.2, 0) is 4.79 Å². The van der Waals surface area contributed by atoms with Crippen molar-refractivity contribution in [3.63, 3.8) is 0 Å². The fraction of sp³-hybridized carbons (Fsp3) is 0.458. The lowest BCUT2D eigenvalue weighted by molar-refractivity contribution is -0.132. The second kappa shape index (κ2) is 10.7. The number of nitrogens with two attached hydrogens (primary N) is 2. The quantitative estimate of drug-likeness (QED) is 0.266. The monoisotopic (exact) mass is 490 g/mol. The van der Waals surface area contributed by atoms with Gasteiger partial charge in [0.1, 0.15) is 5.57 Å². The van der Waals surface area contributed by atoms with Crippen molar-refractivity contribution in [1.29, 1.82) is 0 Å². The highest BCUT2D eigenvalue weighted by Gasteiger charge is 2.36. The highest BCUT2D eigenvalue weighted by atomic mass is 32.2. The lowest BCUT2D eigenvalue weighted by Gasteiger charge is -2.27. The molecule has 10 heteroatoms. The van der Waals surface area contributed by atoms with Crippen LogP contribution in [0.1, 0.15) is 72.2 Å². The summed E-state index contributed by atoms with van der Waals surface area (Å²) in [6.07, 6.45) is 2.47. The van der Waals surface area contributed by atoms with Gasteiger partial charge in [0, 0.05) is 36.0 Å². The number of allylic oxidation sites excluding steroid dienone is 2. The number of nitrogens with one attached hydrogen (secondary N) is 1. The van der Waals surface area contributed by atoms with Crippen LogP contribution in [0.15, 0.2) is 21.5 Å². The van der Waals surface area contributed by atoms with Crippen molar-refractivity contribution in [3.8, 4) is 0 Å². The molecule has 34 heavy (non-hydrogen) atoms. The van der Waals surface area contributed by atoms with Crippen LogP contribution < -0.4 is 21.9 Å². The summed E-state index contributed by atoms with van der Waals surface area (Å²) in [4.78, 5) is 41.5. The summed E-state index contributed by atoms with van der Waals surface area (Å²) in [7, 11) is 0. The first-order valence-corrected chi connectivity index (χ1v) is 12.2. The lowest BCUT2D eigenvalue weighted by atomic mass is 9.88. The minimum Gasteiger partial charge on any atom is -0.478 e. The van der Waals surface area contributed by atoms with Crippen LogP contribution in [0.4, 0.5) is 15.8 Å². The molecule has 1 aromatic rings. The SMILES string of the molecule is CCCC/C1=C(/C(=O)O)C(=O)c2c(C)c(c(N3CCC(N)C3)c(F)c2NN)C(=O)C/C(C)=C/S1. The van der Waals surface area contributed by atoms with Crippen molar-refractivity contribution < 1.29 is 23.9 Å². The van der Waals surface area contributed by atoms with E-state index in [1.807, 2.05) is 6.92 Å². The van der Waals surface area contributed by atoms with Crippen molar-refractivity contribution >= 4 is 40.7 Å². The molecule has 1 saturated heterocycles. The number of hydrogen-bond acceptors (Lipinski definition) is 8. The molecule has 1 fully saturated rings. The van der Waals surface area contributed by atoms with Crippen LogP contribution in [0.25, 0.3) is 0 Å². The van der Waals surface area contributed by atoms with Gasteiger partial charge in [-0.2, -0.15) is 0 Å². The van der Waals surface area contributed by atoms with Crippen molar-refractivity contribution in [2.24, 2.45) is 11.6 Å². The van der Waals surface area contributed by atoms with Gasteiger partial charge in [-0.1, -0.05) is 18.9 Å². The molecule has 184 valence electrons. The van der Waals surface area contributed by atoms with Crippen LogP contribution in [0.5, 0.6) is 0 Å². The van der Waals surface area contributed by atoms with Crippen molar-refractivity contribution in [2.45, 2.75) is 58.9 Å². The average molecular weight is 491 g/mol. The fourth-order valence-corrected chi connectivity index (χ4v) is 5.47. The summed E-state index contributed by atoms with van der Waals surface area (Å²) in [6.45, 7) is 6.05. The first-order valence-electron chi connectivity index (χ1n) is 11.3. The number of nitrogen functional groups attached to an aromatic ring is 1. The smallest absolute Gasteiger partial charge is 0.340 e. The number of carbonyl (C=O) groups excluding carboxylic acids is 2. The predicted octanol–water partition coefficient (Wildman–Crippen LogP) is 3.89. The standard InChI is InChI=1S/C24H31FN4O4S/c1-4-5-6-16-19(24(32)33)23(31)18-13(3)17(15(30)9-12(2)11-34-16)22(20(25)21(18)28-27)29-8-7-14(26)10-29/h11,14,28H,4-10,26-27H2,1-3H3,(H,32,33)/b12-11+,19-16-. The van der Waals surface area contributed by atoms with Crippen LogP contribution in [0.3, 0.4) is 0 Å². The van der Waals surface area contributed by atoms with Gasteiger partial charge >= 0.3 is 5.97 Å². The van der Waals surface area contributed by atoms with E-state index < -0.39 is 23.1 Å². The molecule has 0 spiro atoms. The Bertz CT molecular complexity index is 1100. The molecule has 3 rings (SSSR count). The fourth-order valence-electron chi connectivity index (χ4n) is 4.48. The summed E-state index contributed by atoms with van der Waals surface area (Å²) in [5, 5.41) is 11.7. The molecule has 8 nitrogen and oxygen atoms in total. The first-order chi connectivity index (χ1) is 16.1. The number of anilines is 2. The number of carboxylic acid groups (broad SMARTS) is 1. The van der Waals surface area contributed by atoms with Gasteiger partial charge in [-0.25, -0.2) is 9.18 Å². The second-order valence-electron chi connectivity index (χ2n) is 8.77. The van der Waals surface area contributed by atoms with Crippen molar-refractivity contribution in [3.05, 3.63) is 44.0 Å². The zero-order valence-electron chi connectivity index (χ0n) is 19.7. The number of aliphatic carboxylic acids is 1. The van der Waals surface area contributed by atoms with Crippen molar-refractivity contribution in [1.82, 2.24) is 0 Å². The number of benzene rings is 1. The Morgan fingerprint density at radius 2 is 2.03 bits per heavy atom. The highest BCUT2D eigenvalue weighted by molar-refractivity contribution is 8.05. The summed E-state index contributed by atoms with van der Waals surface area (Å²) in [5.74, 6) is 2.17. The predicted molar refractivity (Wildman–Crippen MR) is 133 cm³/mol. The van der Waals surface area contributed by atoms with E-state index in [1.165, 1.54) is 6.92 Å². The Balaban J connectivity index is 2.39. The molecule has 0 aliphatic carbocycles. The maximum Gasteiger partial charge on any atom is 0.340 e. The molecule has 1 unspecified atom stereocenters. The normalized spacial score (nSPS) is 22.9. The topological polar surface area (TPSA) is 139 Å². The Hall–Kier alpha value is -2.69. The van der Waals surface area contributed by atoms with E-state index in [1.54, 1.807) is 17.2 Å². The third kappa shape index (κ3) is 4.89. The third-order valence-corrected chi connectivity index (χ3v) is 7.39. The Kier molecular flexibility index (Phi) is 8.17. The van der Waals surface area contributed by atoms with Gasteiger partial charge in [-0.3, -0.25) is 15.4 Å². The van der Waals surface area contributed by atoms with E-state index in [4.69, 9.17) is 11.6 Å². The number of hydrazine groups is 1. The van der Waals surface area contributed by atoms with E-state index in [0.717, 1.165) is 18.2 Å². The molecule has 6 N–H and O–H groups in total. The van der Waals surface area contributed by atoms with Gasteiger partial charge in [0.15, 0.2) is 11.6 Å². The van der Waals surface area contributed by atoms with Crippen LogP contribution in [-0.4, -0.2) is 41.8 Å². The molecule has 1 aromatic carbocycles. The number of carboxylic acids is 1. The number of ketones is 2. The molecule has 0 aromatic heterocycles. The molecule has 2 aliphatic heterocycles. The van der Waals surface area contributed by atoms with Crippen molar-refractivity contribution in [2.75, 3.05) is 23.4 Å². The molecule has 0 saturated carbocycles. The van der Waals surface area contributed by atoms with Gasteiger partial charge in [-0.15, -0.1) is 11.8 Å². The number of rotatable bonds is 6. The minimum atomic E-state index is -1.40. The number of Topliss-reactive ketones (excluding diaryl/α,β-unsaturated/α-hetero) is 2. The number of hydrogen-bond donors (Lipinski definition) is 4. The minimum absolute atomic E-state index is 0.00661. The molecule has 2 bridgehead atoms. The zero-order chi connectivity index (χ0) is 25.2. The molecule has 0 radical (unpaired) electrons. The number of carbonyl (C=O) groups is 3. The zero-order valence-corrected chi connectivity index (χ0v) is 20.5. The van der Waals surface area contributed by atoms with Gasteiger partial charge in [0.05, 0.1) is 16.9 Å². The largest absolute Gasteiger partial charge is 0.478 e. The molecule has 0 amide bonds. The molecular weight excluding hydrogens is 459 g/mol. The number of halogens is 1. The second-order valence-corrected chi connectivity index (χ2v) is 9.73. The number of nitrogens with zero attached hydrogens (tertiary/aromatic N) is 1. The Morgan fingerprint density at radius 1 is 1.32 bits per heavy atom. The molecule has 1 atom stereocenters. The average Bonchev–Trinajstić information content (AvgIpc) is 3.20. The maximum absolute atomic E-state index is 16.0. The molecule has 2 aliphatic rings. The number of unbranched alkanes of at least 4 members (excludes halogenated alkanes) is 1. The van der Waals surface area contributed by atoms with E-state index in [2.05, 4.69) is 5.43 Å². The molecule has 2 heterocycles. The van der Waals surface area contributed by atoms with Gasteiger partial charge < -0.3 is 21.2 Å². The number of fused-ring (bicyclic) bond motifs is 2. The van der Waals surface area contributed by atoms with E-state index in [9.17, 15) is 19.5 Å². The van der Waals surface area contributed by atoms with Gasteiger partial charge in [-0.05, 0) is 44.1 Å². The van der Waals surface area contributed by atoms with E-state index >= 15 is 4.39 Å². The van der Waals surface area contributed by atoms with Gasteiger partial charge in [0.2, 0.25) is 5.78 Å². The lowest BCUT2D eigenvalue weighted by Crippen LogP contribution is -2.30. The summed E-state index contributed by atoms with van der Waals surface area (Å²) in [5.41, 5.74) is 8.31. The third-order valence-electron chi connectivity index (χ3n) is 6.17. The Labute approximate surface area is 202 Å². The van der Waals surface area contributed by atoms with Crippen LogP contribution in [0, 0.1) is 12.7 Å². The van der Waals surface area contributed by atoms with E-state index in [-0.39, 0.29) is 46.3 Å². The van der Waals surface area contributed by atoms with Crippen LogP contribution in [0.2, 0.25) is 0 Å². The summed E-state index contributed by atoms with van der Waals surface area (Å²) in [6, 6.07) is -0.180. The molecular formula is C24H31FN4O4S. The highest BCUT2D eigenvalue weighted by Crippen LogP contribution is 2.41. The summed E-state index contributed by atoms with van der Waals surface area (Å²) < 4.78 is 16.0. The van der Waals surface area contributed by atoms with Gasteiger partial charge in [0.25, 0.3) is 0 Å². The van der Waals surface area contributed by atoms with E-state index in [0.29, 0.717) is 42.8 Å². The first kappa shape index (κ1) is 25.9.